The summed E-state index contributed by atoms with van der Waals surface area (Å²) in [5.41, 5.74) is 1.34. The third-order valence-corrected chi connectivity index (χ3v) is 5.70. The minimum Gasteiger partial charge on any atom is -0.357 e. The molecule has 1 aromatic heterocycles. The molecule has 1 aromatic rings. The molecular weight excluding hydrogens is 324 g/mol. The lowest BCUT2D eigenvalue weighted by molar-refractivity contribution is 0.205. The molecule has 0 aliphatic carbocycles. The molecule has 2 atom stereocenters. The first-order valence-corrected chi connectivity index (χ1v) is 10.2. The molecule has 6 nitrogen and oxygen atoms in total. The molecule has 1 aliphatic heterocycles. The first-order valence-electron chi connectivity index (χ1n) is 10.2. The zero-order chi connectivity index (χ0) is 19.1. The summed E-state index contributed by atoms with van der Waals surface area (Å²) >= 11 is 0. The van der Waals surface area contributed by atoms with Gasteiger partial charge in [-0.15, -0.1) is 0 Å². The number of aromatic nitrogens is 2. The van der Waals surface area contributed by atoms with Crippen molar-refractivity contribution in [2.24, 2.45) is 18.0 Å². The summed E-state index contributed by atoms with van der Waals surface area (Å²) in [5.74, 6) is 2.31. The molecule has 0 saturated carbocycles. The Hall–Kier alpha value is -1.56. The normalized spacial score (nSPS) is 19.6. The van der Waals surface area contributed by atoms with Crippen molar-refractivity contribution in [1.29, 1.82) is 0 Å². The van der Waals surface area contributed by atoms with Crippen LogP contribution in [-0.2, 0) is 7.05 Å². The maximum Gasteiger partial charge on any atom is 0.193 e. The van der Waals surface area contributed by atoms with E-state index in [9.17, 15) is 0 Å². The Bertz CT molecular complexity index is 560. The average molecular weight is 363 g/mol. The predicted octanol–water partition coefficient (Wildman–Crippen LogP) is 2.54. The highest BCUT2D eigenvalue weighted by atomic mass is 15.3. The topological polar surface area (TPSA) is 48.7 Å². The van der Waals surface area contributed by atoms with E-state index in [1.807, 2.05) is 17.9 Å². The maximum atomic E-state index is 5.04. The monoisotopic (exact) mass is 362 g/mol. The lowest BCUT2D eigenvalue weighted by Crippen LogP contribution is -2.42. The number of likely N-dealkylation sites (N-methyl/N-ethyl adjacent to an activating group) is 1. The van der Waals surface area contributed by atoms with Gasteiger partial charge in [-0.25, -0.2) is 0 Å². The zero-order valence-electron chi connectivity index (χ0n) is 17.6. The standard InChI is InChI=1S/C20H38N6/c1-7-16(8-2)19(24(4)5)13-22-20(21-9-3)26-11-10-17(15-26)18-12-23-25(6)14-18/h12,14,16-17,19H,7-11,13,15H2,1-6H3,(H,21,22). The Balaban J connectivity index is 2.06. The Morgan fingerprint density at radius 1 is 1.35 bits per heavy atom. The van der Waals surface area contributed by atoms with Crippen molar-refractivity contribution in [3.8, 4) is 0 Å². The van der Waals surface area contributed by atoms with E-state index in [0.717, 1.165) is 32.1 Å². The number of nitrogens with one attached hydrogen (secondary N) is 1. The van der Waals surface area contributed by atoms with Gasteiger partial charge in [0.25, 0.3) is 0 Å². The quantitative estimate of drug-likeness (QED) is 0.570. The van der Waals surface area contributed by atoms with E-state index in [-0.39, 0.29) is 0 Å². The van der Waals surface area contributed by atoms with Crippen LogP contribution in [0.25, 0.3) is 0 Å². The second-order valence-corrected chi connectivity index (χ2v) is 7.68. The van der Waals surface area contributed by atoms with Gasteiger partial charge in [-0.3, -0.25) is 9.67 Å². The van der Waals surface area contributed by atoms with Gasteiger partial charge in [-0.1, -0.05) is 26.7 Å². The van der Waals surface area contributed by atoms with Crippen LogP contribution in [0.3, 0.4) is 0 Å². The van der Waals surface area contributed by atoms with Gasteiger partial charge in [-0.05, 0) is 38.9 Å². The summed E-state index contributed by atoms with van der Waals surface area (Å²) in [4.78, 5) is 9.79. The molecule has 0 bridgehead atoms. The van der Waals surface area contributed by atoms with Crippen LogP contribution in [-0.4, -0.2) is 71.9 Å². The molecule has 1 fully saturated rings. The molecule has 1 aliphatic rings. The Morgan fingerprint density at radius 2 is 2.08 bits per heavy atom. The average Bonchev–Trinajstić information content (AvgIpc) is 3.26. The van der Waals surface area contributed by atoms with Crippen molar-refractivity contribution in [2.75, 3.05) is 40.3 Å². The van der Waals surface area contributed by atoms with Crippen LogP contribution in [0.5, 0.6) is 0 Å². The first-order chi connectivity index (χ1) is 12.5. The molecule has 1 N–H and O–H groups in total. The second-order valence-electron chi connectivity index (χ2n) is 7.68. The SMILES string of the molecule is CCNC(=NCC(C(CC)CC)N(C)C)N1CCC(c2cnn(C)c2)C1. The van der Waals surface area contributed by atoms with Gasteiger partial charge in [0.2, 0.25) is 0 Å². The first kappa shape index (κ1) is 20.7. The summed E-state index contributed by atoms with van der Waals surface area (Å²) in [6, 6.07) is 0.496. The van der Waals surface area contributed by atoms with Crippen LogP contribution < -0.4 is 5.32 Å². The summed E-state index contributed by atoms with van der Waals surface area (Å²) in [6.45, 7) is 10.6. The number of rotatable bonds is 8. The molecule has 0 spiro atoms. The van der Waals surface area contributed by atoms with E-state index < -0.39 is 0 Å². The third kappa shape index (κ3) is 5.22. The Labute approximate surface area is 159 Å². The minimum absolute atomic E-state index is 0.496. The van der Waals surface area contributed by atoms with Gasteiger partial charge in [0.1, 0.15) is 0 Å². The van der Waals surface area contributed by atoms with Gasteiger partial charge in [0, 0.05) is 44.8 Å². The number of aliphatic imine (C=N–C) groups is 1. The van der Waals surface area contributed by atoms with Crippen molar-refractivity contribution < 1.29 is 0 Å². The molecule has 148 valence electrons. The number of likely N-dealkylation sites (tertiary alicyclic amines) is 1. The van der Waals surface area contributed by atoms with Gasteiger partial charge in [0.15, 0.2) is 5.96 Å². The lowest BCUT2D eigenvalue weighted by atomic mass is 9.93. The van der Waals surface area contributed by atoms with Gasteiger partial charge < -0.3 is 15.1 Å². The zero-order valence-corrected chi connectivity index (χ0v) is 17.6. The van der Waals surface area contributed by atoms with Crippen LogP contribution in [0.1, 0.15) is 51.5 Å². The molecule has 2 heterocycles. The third-order valence-electron chi connectivity index (χ3n) is 5.70. The van der Waals surface area contributed by atoms with Crippen LogP contribution in [0.2, 0.25) is 0 Å². The number of aryl methyl sites for hydroxylation is 1. The smallest absolute Gasteiger partial charge is 0.193 e. The molecule has 26 heavy (non-hydrogen) atoms. The van der Waals surface area contributed by atoms with Gasteiger partial charge in [0.05, 0.1) is 12.7 Å². The number of hydrogen-bond acceptors (Lipinski definition) is 3. The fourth-order valence-electron chi connectivity index (χ4n) is 4.05. The molecule has 1 saturated heterocycles. The van der Waals surface area contributed by atoms with Crippen molar-refractivity contribution in [1.82, 2.24) is 24.9 Å². The van der Waals surface area contributed by atoms with Crippen molar-refractivity contribution in [2.45, 2.75) is 52.0 Å². The fraction of sp³-hybridized carbons (Fsp3) is 0.800. The van der Waals surface area contributed by atoms with Crippen LogP contribution >= 0.6 is 0 Å². The molecule has 0 amide bonds. The highest BCUT2D eigenvalue weighted by Gasteiger charge is 2.27. The second kappa shape index (κ2) is 9.95. The maximum absolute atomic E-state index is 5.04. The molecule has 2 rings (SSSR count). The van der Waals surface area contributed by atoms with Crippen LogP contribution in [0, 0.1) is 5.92 Å². The number of hydrogen-bond donors (Lipinski definition) is 1. The van der Waals surface area contributed by atoms with E-state index in [1.54, 1.807) is 0 Å². The van der Waals surface area contributed by atoms with E-state index >= 15 is 0 Å². The number of nitrogens with zero attached hydrogens (tertiary/aromatic N) is 5. The van der Waals surface area contributed by atoms with Gasteiger partial charge in [-0.2, -0.15) is 5.10 Å². The van der Waals surface area contributed by atoms with E-state index in [0.29, 0.717) is 17.9 Å². The van der Waals surface area contributed by atoms with Crippen LogP contribution in [0.4, 0.5) is 0 Å². The summed E-state index contributed by atoms with van der Waals surface area (Å²) in [6.07, 6.45) is 7.73. The molecule has 0 radical (unpaired) electrons. The van der Waals surface area contributed by atoms with Crippen molar-refractivity contribution in [3.05, 3.63) is 18.0 Å². The highest BCUT2D eigenvalue weighted by Crippen LogP contribution is 2.27. The predicted molar refractivity (Wildman–Crippen MR) is 110 cm³/mol. The Kier molecular flexibility index (Phi) is 7.94. The lowest BCUT2D eigenvalue weighted by Gasteiger charge is -2.31. The minimum atomic E-state index is 0.496. The van der Waals surface area contributed by atoms with Crippen LogP contribution in [0.15, 0.2) is 17.4 Å². The molecule has 6 heteroatoms. The summed E-state index contributed by atoms with van der Waals surface area (Å²) < 4.78 is 1.90. The van der Waals surface area contributed by atoms with Crippen molar-refractivity contribution >= 4 is 5.96 Å². The van der Waals surface area contributed by atoms with E-state index in [2.05, 4.69) is 61.3 Å². The fourth-order valence-corrected chi connectivity index (χ4v) is 4.05. The molecular formula is C20H38N6. The van der Waals surface area contributed by atoms with E-state index in [1.165, 1.54) is 24.8 Å². The summed E-state index contributed by atoms with van der Waals surface area (Å²) in [7, 11) is 6.35. The highest BCUT2D eigenvalue weighted by molar-refractivity contribution is 5.80. The largest absolute Gasteiger partial charge is 0.357 e. The Morgan fingerprint density at radius 3 is 2.62 bits per heavy atom. The van der Waals surface area contributed by atoms with E-state index in [4.69, 9.17) is 4.99 Å². The molecule has 2 unspecified atom stereocenters. The summed E-state index contributed by atoms with van der Waals surface area (Å²) in [5, 5.41) is 7.84. The number of guanidine groups is 1. The molecule has 0 aromatic carbocycles. The van der Waals surface area contributed by atoms with Crippen molar-refractivity contribution in [3.63, 3.8) is 0 Å². The van der Waals surface area contributed by atoms with Gasteiger partial charge >= 0.3 is 0 Å².